The number of nitrogens with one attached hydrogen (secondary N) is 1. The molecule has 98 valence electrons. The first-order valence-electron chi connectivity index (χ1n) is 6.59. The second kappa shape index (κ2) is 4.83. The van der Waals surface area contributed by atoms with Crippen molar-refractivity contribution in [2.75, 3.05) is 31.6 Å². The summed E-state index contributed by atoms with van der Waals surface area (Å²) in [6, 6.07) is 8.20. The first-order chi connectivity index (χ1) is 8.72. The third kappa shape index (κ3) is 2.17. The van der Waals surface area contributed by atoms with Crippen molar-refractivity contribution in [3.05, 3.63) is 28.7 Å². The van der Waals surface area contributed by atoms with Gasteiger partial charge in [0.1, 0.15) is 0 Å². The molecule has 3 saturated heterocycles. The van der Waals surface area contributed by atoms with Gasteiger partial charge in [-0.1, -0.05) is 22.0 Å². The lowest BCUT2D eigenvalue weighted by Gasteiger charge is -2.53. The zero-order valence-corrected chi connectivity index (χ0v) is 12.0. The quantitative estimate of drug-likeness (QED) is 0.899. The summed E-state index contributed by atoms with van der Waals surface area (Å²) < 4.78 is 1.07. The smallest absolute Gasteiger partial charge is 0.0759 e. The van der Waals surface area contributed by atoms with Crippen molar-refractivity contribution in [3.63, 3.8) is 0 Å². The molecule has 0 aliphatic carbocycles. The van der Waals surface area contributed by atoms with Gasteiger partial charge in [-0.2, -0.15) is 0 Å². The van der Waals surface area contributed by atoms with Crippen LogP contribution < -0.4 is 5.32 Å². The fourth-order valence-corrected chi connectivity index (χ4v) is 3.78. The van der Waals surface area contributed by atoms with Gasteiger partial charge >= 0.3 is 0 Å². The van der Waals surface area contributed by atoms with E-state index < -0.39 is 0 Å². The Balaban J connectivity index is 1.84. The molecular weight excluding hydrogens is 292 g/mol. The van der Waals surface area contributed by atoms with Crippen LogP contribution >= 0.6 is 15.9 Å². The number of halogens is 1. The van der Waals surface area contributed by atoms with E-state index in [1.807, 2.05) is 12.1 Å². The first kappa shape index (κ1) is 12.5. The number of benzene rings is 1. The highest BCUT2D eigenvalue weighted by atomic mass is 79.9. The molecule has 0 amide bonds. The Morgan fingerprint density at radius 3 is 2.72 bits per heavy atom. The molecule has 4 rings (SSSR count). The average Bonchev–Trinajstić information content (AvgIpc) is 2.40. The number of anilines is 1. The number of rotatable bonds is 3. The highest BCUT2D eigenvalue weighted by molar-refractivity contribution is 9.10. The summed E-state index contributed by atoms with van der Waals surface area (Å²) in [5.74, 6) is 0.589. The molecule has 3 fully saturated rings. The Hall–Kier alpha value is -0.580. The summed E-state index contributed by atoms with van der Waals surface area (Å²) in [5.41, 5.74) is 0.935. The maximum atomic E-state index is 9.89. The van der Waals surface area contributed by atoms with E-state index in [-0.39, 0.29) is 12.1 Å². The molecule has 3 aliphatic rings. The van der Waals surface area contributed by atoms with E-state index in [4.69, 9.17) is 0 Å². The van der Waals surface area contributed by atoms with Crippen molar-refractivity contribution >= 4 is 21.6 Å². The molecule has 3 aliphatic heterocycles. The minimum Gasteiger partial charge on any atom is -0.394 e. The van der Waals surface area contributed by atoms with Gasteiger partial charge in [-0.25, -0.2) is 0 Å². The SMILES string of the molecule is OCC1(Nc2cccc(Br)c2)CN2CCC1CC2. The van der Waals surface area contributed by atoms with E-state index in [2.05, 4.69) is 38.3 Å². The van der Waals surface area contributed by atoms with E-state index in [0.717, 1.165) is 16.7 Å². The molecular formula is C14H19BrN2O. The van der Waals surface area contributed by atoms with Crippen molar-refractivity contribution in [2.24, 2.45) is 5.92 Å². The van der Waals surface area contributed by atoms with Gasteiger partial charge in [-0.05, 0) is 50.0 Å². The number of hydrogen-bond donors (Lipinski definition) is 2. The summed E-state index contributed by atoms with van der Waals surface area (Å²) in [4.78, 5) is 2.46. The Morgan fingerprint density at radius 1 is 1.39 bits per heavy atom. The molecule has 3 nitrogen and oxygen atoms in total. The number of fused-ring (bicyclic) bond motifs is 3. The predicted octanol–water partition coefficient (Wildman–Crippen LogP) is 2.32. The molecule has 3 heterocycles. The summed E-state index contributed by atoms with van der Waals surface area (Å²) in [6.45, 7) is 3.54. The van der Waals surface area contributed by atoms with Gasteiger partial charge in [-0.3, -0.25) is 0 Å². The average molecular weight is 311 g/mol. The van der Waals surface area contributed by atoms with Crippen molar-refractivity contribution in [1.82, 2.24) is 4.90 Å². The lowest BCUT2D eigenvalue weighted by Crippen LogP contribution is -2.64. The fraction of sp³-hybridized carbons (Fsp3) is 0.571. The lowest BCUT2D eigenvalue weighted by atomic mass is 9.73. The van der Waals surface area contributed by atoms with Crippen molar-refractivity contribution in [1.29, 1.82) is 0 Å². The molecule has 4 heteroatoms. The van der Waals surface area contributed by atoms with E-state index in [9.17, 15) is 5.11 Å². The van der Waals surface area contributed by atoms with E-state index in [1.165, 1.54) is 25.9 Å². The number of aliphatic hydroxyl groups excluding tert-OH is 1. The topological polar surface area (TPSA) is 35.5 Å². The first-order valence-corrected chi connectivity index (χ1v) is 7.38. The third-order valence-electron chi connectivity index (χ3n) is 4.37. The number of piperidine rings is 3. The van der Waals surface area contributed by atoms with Crippen LogP contribution in [0.4, 0.5) is 5.69 Å². The van der Waals surface area contributed by atoms with Crippen molar-refractivity contribution in [3.8, 4) is 0 Å². The molecule has 2 bridgehead atoms. The maximum Gasteiger partial charge on any atom is 0.0759 e. The molecule has 1 aromatic rings. The molecule has 0 radical (unpaired) electrons. The molecule has 18 heavy (non-hydrogen) atoms. The van der Waals surface area contributed by atoms with Crippen molar-refractivity contribution < 1.29 is 5.11 Å². The predicted molar refractivity (Wildman–Crippen MR) is 76.7 cm³/mol. The van der Waals surface area contributed by atoms with Gasteiger partial charge in [0.25, 0.3) is 0 Å². The second-order valence-electron chi connectivity index (χ2n) is 5.50. The molecule has 0 spiro atoms. The van der Waals surface area contributed by atoms with E-state index in [1.54, 1.807) is 0 Å². The largest absolute Gasteiger partial charge is 0.394 e. The molecule has 2 N–H and O–H groups in total. The molecule has 1 unspecified atom stereocenters. The minimum atomic E-state index is -0.155. The Labute approximate surface area is 116 Å². The summed E-state index contributed by atoms with van der Waals surface area (Å²) in [7, 11) is 0. The maximum absolute atomic E-state index is 9.89. The van der Waals surface area contributed by atoms with Gasteiger partial charge in [0.2, 0.25) is 0 Å². The van der Waals surface area contributed by atoms with Crippen LogP contribution in [0.15, 0.2) is 28.7 Å². The number of hydrogen-bond acceptors (Lipinski definition) is 3. The molecule has 0 saturated carbocycles. The lowest BCUT2D eigenvalue weighted by molar-refractivity contribution is 0.00918. The zero-order chi connectivity index (χ0) is 12.6. The van der Waals surface area contributed by atoms with Crippen LogP contribution in [0, 0.1) is 5.92 Å². The highest BCUT2D eigenvalue weighted by Gasteiger charge is 2.46. The third-order valence-corrected chi connectivity index (χ3v) is 4.87. The van der Waals surface area contributed by atoms with Crippen LogP contribution in [-0.4, -0.2) is 41.8 Å². The molecule has 1 atom stereocenters. The van der Waals surface area contributed by atoms with Crippen LogP contribution in [-0.2, 0) is 0 Å². The van der Waals surface area contributed by atoms with Crippen LogP contribution in [0.2, 0.25) is 0 Å². The Kier molecular flexibility index (Phi) is 3.34. The van der Waals surface area contributed by atoms with E-state index in [0.29, 0.717) is 5.92 Å². The number of aliphatic hydroxyl groups is 1. The minimum absolute atomic E-state index is 0.155. The van der Waals surface area contributed by atoms with Gasteiger partial charge in [-0.15, -0.1) is 0 Å². The number of nitrogens with zero attached hydrogens (tertiary/aromatic N) is 1. The molecule has 0 aromatic heterocycles. The van der Waals surface area contributed by atoms with E-state index >= 15 is 0 Å². The van der Waals surface area contributed by atoms with Gasteiger partial charge in [0.15, 0.2) is 0 Å². The summed E-state index contributed by atoms with van der Waals surface area (Å²) >= 11 is 3.49. The van der Waals surface area contributed by atoms with Gasteiger partial charge < -0.3 is 15.3 Å². The van der Waals surface area contributed by atoms with Crippen LogP contribution in [0.1, 0.15) is 12.8 Å². The van der Waals surface area contributed by atoms with Gasteiger partial charge in [0.05, 0.1) is 12.1 Å². The second-order valence-corrected chi connectivity index (χ2v) is 6.42. The van der Waals surface area contributed by atoms with Crippen molar-refractivity contribution in [2.45, 2.75) is 18.4 Å². The van der Waals surface area contributed by atoms with Crippen LogP contribution in [0.3, 0.4) is 0 Å². The molecule has 1 aromatic carbocycles. The fourth-order valence-electron chi connectivity index (χ4n) is 3.39. The summed E-state index contributed by atoms with van der Waals surface area (Å²) in [5, 5.41) is 13.5. The summed E-state index contributed by atoms with van der Waals surface area (Å²) in [6.07, 6.45) is 2.39. The van der Waals surface area contributed by atoms with Crippen LogP contribution in [0.25, 0.3) is 0 Å². The monoisotopic (exact) mass is 310 g/mol. The Morgan fingerprint density at radius 2 is 2.17 bits per heavy atom. The highest BCUT2D eigenvalue weighted by Crippen LogP contribution is 2.38. The standard InChI is InChI=1S/C14H19BrN2O/c15-12-2-1-3-13(8-12)16-14(10-18)9-17-6-4-11(14)5-7-17/h1-3,8,11,16,18H,4-7,9-10H2. The normalized spacial score (nSPS) is 34.6. The Bertz CT molecular complexity index is 432. The zero-order valence-electron chi connectivity index (χ0n) is 10.4. The van der Waals surface area contributed by atoms with Gasteiger partial charge in [0, 0.05) is 16.7 Å². The van der Waals surface area contributed by atoms with Crippen LogP contribution in [0.5, 0.6) is 0 Å².